The summed E-state index contributed by atoms with van der Waals surface area (Å²) in [5.41, 5.74) is -0.0770. The lowest BCUT2D eigenvalue weighted by atomic mass is 10.2. The molecule has 2 nitrogen and oxygen atoms in total. The van der Waals surface area contributed by atoms with Gasteiger partial charge >= 0.3 is 0 Å². The molecule has 0 amide bonds. The summed E-state index contributed by atoms with van der Waals surface area (Å²) in [5.74, 6) is 0. The van der Waals surface area contributed by atoms with Crippen LogP contribution in [0.3, 0.4) is 0 Å². The Labute approximate surface area is 103 Å². The zero-order valence-electron chi connectivity index (χ0n) is 8.84. The molecule has 1 aromatic carbocycles. The molecule has 0 atom stereocenters. The lowest BCUT2D eigenvalue weighted by Gasteiger charge is -2.08. The minimum Gasteiger partial charge on any atom is -0.299 e. The van der Waals surface area contributed by atoms with E-state index in [1.165, 1.54) is 0 Å². The Kier molecular flexibility index (Phi) is 3.22. The van der Waals surface area contributed by atoms with Gasteiger partial charge in [0.05, 0.1) is 0 Å². The van der Waals surface area contributed by atoms with E-state index in [2.05, 4.69) is 0 Å². The predicted octanol–water partition coefficient (Wildman–Crippen LogP) is 3.72. The Balaban J connectivity index is 2.80. The van der Waals surface area contributed by atoms with Crippen LogP contribution in [0.15, 0.2) is 29.1 Å². The van der Waals surface area contributed by atoms with Gasteiger partial charge in [-0.25, -0.2) is 0 Å². The summed E-state index contributed by atoms with van der Waals surface area (Å²) < 4.78 is 1.57. The van der Waals surface area contributed by atoms with E-state index in [0.717, 1.165) is 11.8 Å². The van der Waals surface area contributed by atoms with Crippen LogP contribution in [-0.4, -0.2) is 4.57 Å². The normalized spacial score (nSPS) is 10.9. The fourth-order valence-corrected chi connectivity index (χ4v) is 2.17. The van der Waals surface area contributed by atoms with Crippen molar-refractivity contribution in [2.45, 2.75) is 19.9 Å². The molecule has 0 fully saturated rings. The molecule has 0 aliphatic rings. The molecule has 4 heteroatoms. The van der Waals surface area contributed by atoms with Gasteiger partial charge in [0, 0.05) is 17.0 Å². The average Bonchev–Trinajstić information content (AvgIpc) is 2.26. The summed E-state index contributed by atoms with van der Waals surface area (Å²) in [5, 5.41) is 2.48. The monoisotopic (exact) mass is 255 g/mol. The van der Waals surface area contributed by atoms with E-state index >= 15 is 0 Å². The van der Waals surface area contributed by atoms with Crippen molar-refractivity contribution in [3.63, 3.8) is 0 Å². The smallest absolute Gasteiger partial charge is 0.259 e. The second-order valence-electron chi connectivity index (χ2n) is 3.66. The SMILES string of the molecule is CCCn1c(Cl)cc2ccc(Cl)cc2c1=O. The maximum atomic E-state index is 12.1. The van der Waals surface area contributed by atoms with Crippen molar-refractivity contribution in [1.82, 2.24) is 4.57 Å². The van der Waals surface area contributed by atoms with Crippen LogP contribution in [0.2, 0.25) is 10.2 Å². The average molecular weight is 256 g/mol. The maximum Gasteiger partial charge on any atom is 0.259 e. The van der Waals surface area contributed by atoms with E-state index in [1.54, 1.807) is 28.8 Å². The van der Waals surface area contributed by atoms with Gasteiger partial charge in [-0.15, -0.1) is 0 Å². The second-order valence-corrected chi connectivity index (χ2v) is 4.48. The van der Waals surface area contributed by atoms with Crippen molar-refractivity contribution in [3.8, 4) is 0 Å². The van der Waals surface area contributed by atoms with Crippen molar-refractivity contribution in [2.75, 3.05) is 0 Å². The van der Waals surface area contributed by atoms with Crippen LogP contribution in [0.5, 0.6) is 0 Å². The summed E-state index contributed by atoms with van der Waals surface area (Å²) in [6.45, 7) is 2.63. The van der Waals surface area contributed by atoms with Gasteiger partial charge in [0.15, 0.2) is 0 Å². The Bertz CT molecular complexity index is 589. The Hall–Kier alpha value is -0.990. The quantitative estimate of drug-likeness (QED) is 0.750. The Morgan fingerprint density at radius 2 is 2.00 bits per heavy atom. The highest BCUT2D eigenvalue weighted by atomic mass is 35.5. The van der Waals surface area contributed by atoms with Crippen LogP contribution >= 0.6 is 23.2 Å². The van der Waals surface area contributed by atoms with Gasteiger partial charge in [-0.1, -0.05) is 36.2 Å². The first kappa shape index (κ1) is 11.5. The van der Waals surface area contributed by atoms with Crippen molar-refractivity contribution in [3.05, 3.63) is 44.8 Å². The van der Waals surface area contributed by atoms with E-state index in [9.17, 15) is 4.79 Å². The molecule has 1 aromatic heterocycles. The van der Waals surface area contributed by atoms with Gasteiger partial charge in [-0.3, -0.25) is 9.36 Å². The molecule has 0 N–H and O–H groups in total. The lowest BCUT2D eigenvalue weighted by molar-refractivity contribution is 0.660. The van der Waals surface area contributed by atoms with Gasteiger partial charge in [0.1, 0.15) is 5.15 Å². The predicted molar refractivity (Wildman–Crippen MR) is 68.5 cm³/mol. The number of benzene rings is 1. The molecule has 0 unspecified atom stereocenters. The number of nitrogens with zero attached hydrogens (tertiary/aromatic N) is 1. The van der Waals surface area contributed by atoms with E-state index in [0.29, 0.717) is 22.1 Å². The molecule has 16 heavy (non-hydrogen) atoms. The molecule has 1 heterocycles. The lowest BCUT2D eigenvalue weighted by Crippen LogP contribution is -2.20. The first-order valence-corrected chi connectivity index (χ1v) is 5.87. The highest BCUT2D eigenvalue weighted by molar-refractivity contribution is 6.32. The summed E-state index contributed by atoms with van der Waals surface area (Å²) in [6.07, 6.45) is 0.867. The number of hydrogen-bond acceptors (Lipinski definition) is 1. The minimum absolute atomic E-state index is 0.0770. The van der Waals surface area contributed by atoms with Gasteiger partial charge in [0.25, 0.3) is 5.56 Å². The Morgan fingerprint density at radius 3 is 2.69 bits per heavy atom. The number of fused-ring (bicyclic) bond motifs is 1. The third-order valence-corrected chi connectivity index (χ3v) is 3.02. The maximum absolute atomic E-state index is 12.1. The van der Waals surface area contributed by atoms with Crippen molar-refractivity contribution in [1.29, 1.82) is 0 Å². The fraction of sp³-hybridized carbons (Fsp3) is 0.250. The van der Waals surface area contributed by atoms with E-state index < -0.39 is 0 Å². The minimum atomic E-state index is -0.0770. The van der Waals surface area contributed by atoms with Crippen LogP contribution in [0.25, 0.3) is 10.8 Å². The molecular weight excluding hydrogens is 245 g/mol. The first-order chi connectivity index (χ1) is 7.63. The van der Waals surface area contributed by atoms with E-state index in [-0.39, 0.29) is 5.56 Å². The topological polar surface area (TPSA) is 22.0 Å². The summed E-state index contributed by atoms with van der Waals surface area (Å²) >= 11 is 11.9. The molecule has 0 spiro atoms. The van der Waals surface area contributed by atoms with Crippen molar-refractivity contribution < 1.29 is 0 Å². The third-order valence-electron chi connectivity index (χ3n) is 2.47. The van der Waals surface area contributed by atoms with Crippen molar-refractivity contribution >= 4 is 34.0 Å². The largest absolute Gasteiger partial charge is 0.299 e. The highest BCUT2D eigenvalue weighted by Gasteiger charge is 2.07. The number of halogens is 2. The number of aromatic nitrogens is 1. The standard InChI is InChI=1S/C12H11Cl2NO/c1-2-5-15-11(14)6-8-3-4-9(13)7-10(8)12(15)16/h3-4,6-7H,2,5H2,1H3. The molecule has 84 valence electrons. The molecule has 0 saturated heterocycles. The fourth-order valence-electron chi connectivity index (χ4n) is 1.72. The number of rotatable bonds is 2. The van der Waals surface area contributed by atoms with Crippen molar-refractivity contribution in [2.24, 2.45) is 0 Å². The summed E-state index contributed by atoms with van der Waals surface area (Å²) in [7, 11) is 0. The Morgan fingerprint density at radius 1 is 1.25 bits per heavy atom. The zero-order chi connectivity index (χ0) is 11.7. The van der Waals surface area contributed by atoms with Gasteiger partial charge in [-0.05, 0) is 30.0 Å². The summed E-state index contributed by atoms with van der Waals surface area (Å²) in [4.78, 5) is 12.1. The molecule has 2 rings (SSSR count). The van der Waals surface area contributed by atoms with Gasteiger partial charge < -0.3 is 0 Å². The number of hydrogen-bond donors (Lipinski definition) is 0. The zero-order valence-corrected chi connectivity index (χ0v) is 10.3. The van der Waals surface area contributed by atoms with Crippen LogP contribution < -0.4 is 5.56 Å². The van der Waals surface area contributed by atoms with E-state index in [1.807, 2.05) is 6.92 Å². The molecule has 2 aromatic rings. The molecule has 0 aliphatic carbocycles. The molecular formula is C12H11Cl2NO. The highest BCUT2D eigenvalue weighted by Crippen LogP contribution is 2.19. The molecule has 0 saturated carbocycles. The molecule has 0 bridgehead atoms. The first-order valence-electron chi connectivity index (χ1n) is 5.12. The van der Waals surface area contributed by atoms with E-state index in [4.69, 9.17) is 23.2 Å². The van der Waals surface area contributed by atoms with Crippen LogP contribution in [-0.2, 0) is 6.54 Å². The number of pyridine rings is 1. The second kappa shape index (κ2) is 4.48. The molecule has 0 aliphatic heterocycles. The summed E-state index contributed by atoms with van der Waals surface area (Å²) in [6, 6.07) is 7.04. The van der Waals surface area contributed by atoms with Crippen LogP contribution in [0.4, 0.5) is 0 Å². The van der Waals surface area contributed by atoms with Crippen LogP contribution in [0, 0.1) is 0 Å². The molecule has 0 radical (unpaired) electrons. The van der Waals surface area contributed by atoms with Crippen LogP contribution in [0.1, 0.15) is 13.3 Å². The van der Waals surface area contributed by atoms with Gasteiger partial charge in [0.2, 0.25) is 0 Å². The third kappa shape index (κ3) is 1.95. The van der Waals surface area contributed by atoms with Gasteiger partial charge in [-0.2, -0.15) is 0 Å².